The fourth-order valence-corrected chi connectivity index (χ4v) is 3.00. The lowest BCUT2D eigenvalue weighted by molar-refractivity contribution is -0.139. The third-order valence-corrected chi connectivity index (χ3v) is 5.02. The van der Waals surface area contributed by atoms with E-state index < -0.39 is 5.97 Å². The molecule has 0 aromatic heterocycles. The number of carbonyl (C=O) groups is 3. The van der Waals surface area contributed by atoms with Gasteiger partial charge in [0.2, 0.25) is 5.91 Å². The Morgan fingerprint density at radius 3 is 2.42 bits per heavy atom. The molecule has 0 bridgehead atoms. The van der Waals surface area contributed by atoms with Gasteiger partial charge in [0.15, 0.2) is 5.12 Å². The number of halogens is 1. The minimum Gasteiger partial charge on any atom is -0.468 e. The summed E-state index contributed by atoms with van der Waals surface area (Å²) in [6.07, 6.45) is 0. The number of methoxy groups -OCH3 is 1. The Hall–Kier alpha value is -1.53. The van der Waals surface area contributed by atoms with E-state index in [4.69, 9.17) is 11.6 Å². The first-order valence-electron chi connectivity index (χ1n) is 7.48. The van der Waals surface area contributed by atoms with Crippen LogP contribution in [0.15, 0.2) is 12.1 Å². The van der Waals surface area contributed by atoms with Gasteiger partial charge in [-0.3, -0.25) is 19.3 Å². The molecular formula is C17H22ClNO4S. The van der Waals surface area contributed by atoms with Gasteiger partial charge >= 0.3 is 5.97 Å². The second-order valence-electron chi connectivity index (χ2n) is 5.66. The summed E-state index contributed by atoms with van der Waals surface area (Å²) in [5.74, 6) is -1.08. The highest BCUT2D eigenvalue weighted by molar-refractivity contribution is 8.14. The summed E-state index contributed by atoms with van der Waals surface area (Å²) in [5.41, 5.74) is 2.10. The molecule has 1 aromatic carbocycles. The van der Waals surface area contributed by atoms with Crippen LogP contribution in [0.5, 0.6) is 0 Å². The average Bonchev–Trinajstić information content (AvgIpc) is 2.54. The maximum atomic E-state index is 12.6. The number of thioether (sulfide) groups is 1. The van der Waals surface area contributed by atoms with Crippen molar-refractivity contribution < 1.29 is 19.1 Å². The molecule has 0 fully saturated rings. The van der Waals surface area contributed by atoms with Gasteiger partial charge in [-0.2, -0.15) is 0 Å². The molecule has 5 nitrogen and oxygen atoms in total. The molecule has 0 saturated carbocycles. The minimum atomic E-state index is -0.540. The molecule has 7 heteroatoms. The topological polar surface area (TPSA) is 63.7 Å². The van der Waals surface area contributed by atoms with Gasteiger partial charge in [0.25, 0.3) is 0 Å². The maximum absolute atomic E-state index is 12.6. The maximum Gasteiger partial charge on any atom is 0.325 e. The SMILES string of the molecule is COC(=O)CN(C(=O)CSC(=O)C(C)C)c1c(C)ccc(Cl)c1C. The Bertz CT molecular complexity index is 646. The van der Waals surface area contributed by atoms with Crippen LogP contribution in [-0.2, 0) is 19.1 Å². The summed E-state index contributed by atoms with van der Waals surface area (Å²) >= 11 is 7.11. The van der Waals surface area contributed by atoms with Gasteiger partial charge in [-0.25, -0.2) is 0 Å². The standard InChI is InChI=1S/C17H22ClNO4S/c1-10(2)17(22)24-9-14(20)19(8-15(21)23-5)16-11(3)6-7-13(18)12(16)4/h6-7,10H,8-9H2,1-5H3. The Kier molecular flexibility index (Phi) is 7.76. The van der Waals surface area contributed by atoms with Crippen molar-refractivity contribution in [1.82, 2.24) is 0 Å². The Morgan fingerprint density at radius 1 is 1.25 bits per heavy atom. The summed E-state index contributed by atoms with van der Waals surface area (Å²) in [5, 5.41) is 0.435. The van der Waals surface area contributed by atoms with Crippen LogP contribution in [-0.4, -0.2) is 36.4 Å². The Labute approximate surface area is 151 Å². The average molecular weight is 372 g/mol. The zero-order chi connectivity index (χ0) is 18.4. The van der Waals surface area contributed by atoms with Gasteiger partial charge in [0, 0.05) is 10.9 Å². The first kappa shape index (κ1) is 20.5. The quantitative estimate of drug-likeness (QED) is 0.717. The number of esters is 1. The van der Waals surface area contributed by atoms with Crippen LogP contribution in [0.1, 0.15) is 25.0 Å². The lowest BCUT2D eigenvalue weighted by Gasteiger charge is -2.25. The molecule has 0 aliphatic rings. The molecule has 1 rings (SSSR count). The third-order valence-electron chi connectivity index (χ3n) is 3.46. The molecule has 24 heavy (non-hydrogen) atoms. The summed E-state index contributed by atoms with van der Waals surface area (Å²) < 4.78 is 4.69. The van der Waals surface area contributed by atoms with E-state index in [1.54, 1.807) is 32.9 Å². The van der Waals surface area contributed by atoms with E-state index in [0.717, 1.165) is 17.3 Å². The van der Waals surface area contributed by atoms with E-state index >= 15 is 0 Å². The predicted octanol–water partition coefficient (Wildman–Crippen LogP) is 3.38. The largest absolute Gasteiger partial charge is 0.468 e. The molecule has 0 radical (unpaired) electrons. The zero-order valence-electron chi connectivity index (χ0n) is 14.5. The van der Waals surface area contributed by atoms with Crippen LogP contribution in [0.3, 0.4) is 0 Å². The first-order valence-corrected chi connectivity index (χ1v) is 8.84. The molecule has 0 aliphatic carbocycles. The van der Waals surface area contributed by atoms with E-state index in [-0.39, 0.29) is 29.2 Å². The molecule has 0 atom stereocenters. The van der Waals surface area contributed by atoms with Crippen LogP contribution in [0.4, 0.5) is 5.69 Å². The van der Waals surface area contributed by atoms with Gasteiger partial charge in [-0.05, 0) is 31.0 Å². The van der Waals surface area contributed by atoms with Crippen LogP contribution >= 0.6 is 23.4 Å². The van der Waals surface area contributed by atoms with Crippen molar-refractivity contribution in [3.8, 4) is 0 Å². The van der Waals surface area contributed by atoms with Crippen molar-refractivity contribution in [2.24, 2.45) is 5.92 Å². The van der Waals surface area contributed by atoms with Crippen molar-refractivity contribution in [2.45, 2.75) is 27.7 Å². The highest BCUT2D eigenvalue weighted by atomic mass is 35.5. The van der Waals surface area contributed by atoms with Gasteiger partial charge < -0.3 is 4.74 Å². The Morgan fingerprint density at radius 2 is 1.88 bits per heavy atom. The van der Waals surface area contributed by atoms with E-state index in [1.165, 1.54) is 12.0 Å². The van der Waals surface area contributed by atoms with Crippen LogP contribution < -0.4 is 4.90 Å². The molecule has 0 aliphatic heterocycles. The van der Waals surface area contributed by atoms with E-state index in [0.29, 0.717) is 16.3 Å². The highest BCUT2D eigenvalue weighted by Crippen LogP contribution is 2.31. The lowest BCUT2D eigenvalue weighted by Crippen LogP contribution is -2.38. The molecule has 132 valence electrons. The second-order valence-corrected chi connectivity index (χ2v) is 7.04. The smallest absolute Gasteiger partial charge is 0.325 e. The fourth-order valence-electron chi connectivity index (χ4n) is 2.09. The van der Waals surface area contributed by atoms with Crippen LogP contribution in [0.2, 0.25) is 5.02 Å². The van der Waals surface area contributed by atoms with Gasteiger partial charge in [0.1, 0.15) is 6.54 Å². The molecule has 0 saturated heterocycles. The van der Waals surface area contributed by atoms with Crippen LogP contribution in [0, 0.1) is 19.8 Å². The number of rotatable bonds is 6. The van der Waals surface area contributed by atoms with Crippen molar-refractivity contribution in [3.63, 3.8) is 0 Å². The highest BCUT2D eigenvalue weighted by Gasteiger charge is 2.24. The van der Waals surface area contributed by atoms with E-state index in [1.807, 2.05) is 6.92 Å². The van der Waals surface area contributed by atoms with E-state index in [9.17, 15) is 14.4 Å². The summed E-state index contributed by atoms with van der Waals surface area (Å²) in [6, 6.07) is 3.53. The molecule has 0 unspecified atom stereocenters. The number of nitrogens with zero attached hydrogens (tertiary/aromatic N) is 1. The number of ether oxygens (including phenoxy) is 1. The zero-order valence-corrected chi connectivity index (χ0v) is 16.1. The molecule has 1 amide bonds. The van der Waals surface area contributed by atoms with E-state index in [2.05, 4.69) is 4.74 Å². The van der Waals surface area contributed by atoms with Crippen molar-refractivity contribution in [1.29, 1.82) is 0 Å². The second kappa shape index (κ2) is 9.08. The number of amides is 1. The summed E-state index contributed by atoms with van der Waals surface area (Å²) in [6.45, 7) is 6.94. The summed E-state index contributed by atoms with van der Waals surface area (Å²) in [4.78, 5) is 37.5. The molecule has 1 aromatic rings. The van der Waals surface area contributed by atoms with Crippen LogP contribution in [0.25, 0.3) is 0 Å². The molecule has 0 spiro atoms. The summed E-state index contributed by atoms with van der Waals surface area (Å²) in [7, 11) is 1.26. The lowest BCUT2D eigenvalue weighted by atomic mass is 10.1. The third kappa shape index (κ3) is 5.24. The number of carbonyl (C=O) groups excluding carboxylic acids is 3. The van der Waals surface area contributed by atoms with Crippen molar-refractivity contribution >= 4 is 46.0 Å². The van der Waals surface area contributed by atoms with Crippen molar-refractivity contribution in [3.05, 3.63) is 28.3 Å². The minimum absolute atomic E-state index is 0.0423. The van der Waals surface area contributed by atoms with Crippen molar-refractivity contribution in [2.75, 3.05) is 24.3 Å². The molecular weight excluding hydrogens is 350 g/mol. The molecule has 0 heterocycles. The first-order chi connectivity index (χ1) is 11.2. The number of aryl methyl sites for hydroxylation is 1. The number of hydrogen-bond acceptors (Lipinski definition) is 5. The van der Waals surface area contributed by atoms with Gasteiger partial charge in [-0.15, -0.1) is 0 Å². The van der Waals surface area contributed by atoms with Gasteiger partial charge in [-0.1, -0.05) is 43.3 Å². The normalized spacial score (nSPS) is 10.6. The molecule has 0 N–H and O–H groups in total. The fraction of sp³-hybridized carbons (Fsp3) is 0.471. The number of hydrogen-bond donors (Lipinski definition) is 0. The Balaban J connectivity index is 3.13. The predicted molar refractivity (Wildman–Crippen MR) is 97.6 cm³/mol. The number of anilines is 1. The monoisotopic (exact) mass is 371 g/mol. The number of benzene rings is 1. The van der Waals surface area contributed by atoms with Gasteiger partial charge in [0.05, 0.1) is 18.6 Å².